The SMILES string of the molecule is C=CCCC(C)S(=O)(=O)NC(=O)c1ccc2c(c1)N(C[C@@H]1CC[C@H]1C(O)/C=C/CCC)C[C@@]1(CCC(F)(F)c3cc(Cl)ccc31)CO2. The lowest BCUT2D eigenvalue weighted by Gasteiger charge is -2.46. The number of anilines is 1. The molecule has 5 atom stereocenters. The smallest absolute Gasteiger partial charge is 0.273 e. The van der Waals surface area contributed by atoms with Gasteiger partial charge in [-0.1, -0.05) is 49.2 Å². The van der Waals surface area contributed by atoms with E-state index in [0.29, 0.717) is 42.9 Å². The molecule has 2 aromatic rings. The van der Waals surface area contributed by atoms with Gasteiger partial charge < -0.3 is 14.7 Å². The Kier molecular flexibility index (Phi) is 10.7. The van der Waals surface area contributed by atoms with Crippen LogP contribution < -0.4 is 14.4 Å². The predicted octanol–water partition coefficient (Wildman–Crippen LogP) is 7.52. The summed E-state index contributed by atoms with van der Waals surface area (Å²) in [5.74, 6) is -3.18. The highest BCUT2D eigenvalue weighted by molar-refractivity contribution is 7.90. The van der Waals surface area contributed by atoms with Crippen LogP contribution in [0.3, 0.4) is 0 Å². The Morgan fingerprint density at radius 3 is 2.68 bits per heavy atom. The van der Waals surface area contributed by atoms with Gasteiger partial charge >= 0.3 is 0 Å². The zero-order valence-corrected chi connectivity index (χ0v) is 28.6. The lowest BCUT2D eigenvalue weighted by Crippen LogP contribution is -2.50. The van der Waals surface area contributed by atoms with E-state index in [-0.39, 0.29) is 47.4 Å². The first-order chi connectivity index (χ1) is 22.3. The maximum atomic E-state index is 15.3. The summed E-state index contributed by atoms with van der Waals surface area (Å²) in [6.45, 7) is 8.24. The molecule has 2 N–H and O–H groups in total. The van der Waals surface area contributed by atoms with E-state index in [2.05, 4.69) is 23.1 Å². The van der Waals surface area contributed by atoms with Crippen LogP contribution in [-0.4, -0.2) is 50.5 Å². The van der Waals surface area contributed by atoms with Gasteiger partial charge in [-0.3, -0.25) is 4.79 Å². The first kappa shape index (κ1) is 35.4. The van der Waals surface area contributed by atoms with Crippen LogP contribution in [-0.2, 0) is 21.4 Å². The average molecular weight is 691 g/mol. The minimum absolute atomic E-state index is 0.0298. The van der Waals surface area contributed by atoms with Gasteiger partial charge in [0.2, 0.25) is 10.0 Å². The number of carbonyl (C=O) groups excluding carboxylic acids is 1. The molecular weight excluding hydrogens is 646 g/mol. The van der Waals surface area contributed by atoms with Crippen LogP contribution in [0.25, 0.3) is 0 Å². The van der Waals surface area contributed by atoms with Gasteiger partial charge in [0.05, 0.1) is 23.6 Å². The van der Waals surface area contributed by atoms with Crippen LogP contribution in [0.1, 0.15) is 86.7 Å². The Balaban J connectivity index is 1.50. The van der Waals surface area contributed by atoms with Crippen molar-refractivity contribution in [2.45, 2.75) is 87.9 Å². The molecular formula is C36H45ClF2N2O5S. The summed E-state index contributed by atoms with van der Waals surface area (Å²) in [7, 11) is -3.94. The van der Waals surface area contributed by atoms with Crippen LogP contribution in [0.15, 0.2) is 61.2 Å². The number of benzene rings is 2. The number of hydrogen-bond acceptors (Lipinski definition) is 6. The fourth-order valence-corrected chi connectivity index (χ4v) is 8.26. The number of nitrogens with zero attached hydrogens (tertiary/aromatic N) is 1. The number of nitrogens with one attached hydrogen (secondary N) is 1. The maximum Gasteiger partial charge on any atom is 0.273 e. The number of carbonyl (C=O) groups is 1. The summed E-state index contributed by atoms with van der Waals surface area (Å²) in [5.41, 5.74) is 0.316. The van der Waals surface area contributed by atoms with Crippen LogP contribution in [0.4, 0.5) is 14.5 Å². The maximum absolute atomic E-state index is 15.3. The molecule has 2 aliphatic carbocycles. The Morgan fingerprint density at radius 2 is 1.98 bits per heavy atom. The van der Waals surface area contributed by atoms with E-state index in [1.165, 1.54) is 12.1 Å². The normalized spacial score (nSPS) is 24.8. The molecule has 3 aliphatic rings. The van der Waals surface area contributed by atoms with Crippen molar-refractivity contribution >= 4 is 33.2 Å². The van der Waals surface area contributed by atoms with E-state index in [9.17, 15) is 18.3 Å². The third-order valence-electron chi connectivity index (χ3n) is 10.1. The molecule has 2 unspecified atom stereocenters. The molecule has 1 fully saturated rings. The summed E-state index contributed by atoms with van der Waals surface area (Å²) in [6.07, 6.45) is 9.15. The molecule has 2 aromatic carbocycles. The van der Waals surface area contributed by atoms with Crippen LogP contribution in [0, 0.1) is 11.8 Å². The number of halogens is 3. The fourth-order valence-electron chi connectivity index (χ4n) is 7.06. The number of rotatable bonds is 12. The molecule has 1 amide bonds. The number of amides is 1. The largest absolute Gasteiger partial charge is 0.490 e. The molecule has 47 heavy (non-hydrogen) atoms. The number of ether oxygens (including phenoxy) is 1. The number of aliphatic hydroxyl groups is 1. The van der Waals surface area contributed by atoms with Gasteiger partial charge in [0.25, 0.3) is 11.8 Å². The van der Waals surface area contributed by atoms with Gasteiger partial charge in [0.15, 0.2) is 0 Å². The first-order valence-electron chi connectivity index (χ1n) is 16.5. The van der Waals surface area contributed by atoms with Crippen molar-refractivity contribution in [1.29, 1.82) is 0 Å². The minimum Gasteiger partial charge on any atom is -0.490 e. The second-order valence-corrected chi connectivity index (χ2v) is 15.9. The topological polar surface area (TPSA) is 95.9 Å². The monoisotopic (exact) mass is 690 g/mol. The first-order valence-corrected chi connectivity index (χ1v) is 18.4. The molecule has 0 bridgehead atoms. The Morgan fingerprint density at radius 1 is 1.19 bits per heavy atom. The molecule has 1 saturated carbocycles. The molecule has 256 valence electrons. The van der Waals surface area contributed by atoms with Gasteiger partial charge in [-0.2, -0.15) is 0 Å². The summed E-state index contributed by atoms with van der Waals surface area (Å²) in [5, 5.41) is 10.4. The summed E-state index contributed by atoms with van der Waals surface area (Å²) >= 11 is 6.20. The highest BCUT2D eigenvalue weighted by Gasteiger charge is 2.51. The van der Waals surface area contributed by atoms with Crippen LogP contribution in [0.5, 0.6) is 5.75 Å². The average Bonchev–Trinajstić information content (AvgIpc) is 3.17. The predicted molar refractivity (Wildman–Crippen MR) is 182 cm³/mol. The number of hydrogen-bond donors (Lipinski definition) is 2. The summed E-state index contributed by atoms with van der Waals surface area (Å²) in [6, 6.07) is 9.44. The Hall–Kier alpha value is -2.95. The quantitative estimate of drug-likeness (QED) is 0.224. The van der Waals surface area contributed by atoms with Gasteiger partial charge in [-0.25, -0.2) is 21.9 Å². The number of allylic oxidation sites excluding steroid dienone is 2. The van der Waals surface area contributed by atoms with Crippen molar-refractivity contribution in [3.63, 3.8) is 0 Å². The van der Waals surface area contributed by atoms with E-state index < -0.39 is 38.6 Å². The van der Waals surface area contributed by atoms with Crippen molar-refractivity contribution < 1.29 is 31.8 Å². The molecule has 5 rings (SSSR count). The fraction of sp³-hybridized carbons (Fsp3) is 0.528. The number of unbranched alkanes of at least 4 members (excludes halogenated alkanes) is 1. The van der Waals surface area contributed by atoms with E-state index >= 15 is 8.78 Å². The van der Waals surface area contributed by atoms with E-state index in [1.807, 2.05) is 12.2 Å². The lowest BCUT2D eigenvalue weighted by molar-refractivity contribution is -0.0361. The highest BCUT2D eigenvalue weighted by Crippen LogP contribution is 2.52. The Labute approximate surface area is 282 Å². The van der Waals surface area contributed by atoms with E-state index in [4.69, 9.17) is 16.3 Å². The second kappa shape index (κ2) is 14.3. The van der Waals surface area contributed by atoms with Crippen molar-refractivity contribution in [1.82, 2.24) is 4.72 Å². The standard InChI is InChI=1S/C36H45ClF2N2O5S/c1-4-6-8-10-32(42)28-14-11-26(28)21-41-22-35(17-18-36(38,39)30-20-27(37)13-15-29(30)35)23-46-33-16-12-25(19-31(33)41)34(43)40-47(44,45)24(3)9-7-5-2/h5,8,10,12-13,15-16,19-20,24,26,28,32,42H,2,4,6-7,9,11,14,17-18,21-23H2,1,3H3,(H,40,43)/b10-8+/t24?,26-,28+,32?,35-/m0/s1. The molecule has 1 heterocycles. The molecule has 0 saturated heterocycles. The number of alkyl halides is 2. The number of fused-ring (bicyclic) bond motifs is 3. The van der Waals surface area contributed by atoms with Crippen molar-refractivity contribution in [3.8, 4) is 5.75 Å². The molecule has 1 aliphatic heterocycles. The third kappa shape index (κ3) is 7.55. The van der Waals surface area contributed by atoms with E-state index in [0.717, 1.165) is 25.7 Å². The highest BCUT2D eigenvalue weighted by atomic mass is 35.5. The molecule has 7 nitrogen and oxygen atoms in total. The lowest BCUT2D eigenvalue weighted by atomic mass is 9.67. The van der Waals surface area contributed by atoms with Crippen LogP contribution >= 0.6 is 11.6 Å². The number of aliphatic hydroxyl groups excluding tert-OH is 1. The minimum atomic E-state index is -3.94. The van der Waals surface area contributed by atoms with Gasteiger partial charge in [-0.15, -0.1) is 6.58 Å². The van der Waals surface area contributed by atoms with Gasteiger partial charge in [-0.05, 0) is 93.2 Å². The van der Waals surface area contributed by atoms with Crippen molar-refractivity contribution in [3.05, 3.63) is 82.9 Å². The van der Waals surface area contributed by atoms with Crippen molar-refractivity contribution in [2.24, 2.45) is 11.8 Å². The molecule has 1 spiro atoms. The zero-order valence-electron chi connectivity index (χ0n) is 27.1. The molecule has 11 heteroatoms. The Bertz CT molecular complexity index is 1620. The third-order valence-corrected chi connectivity index (χ3v) is 12.1. The number of sulfonamides is 1. The molecule has 0 radical (unpaired) electrons. The van der Waals surface area contributed by atoms with E-state index in [1.54, 1.807) is 37.3 Å². The van der Waals surface area contributed by atoms with Gasteiger partial charge in [0.1, 0.15) is 5.75 Å². The van der Waals surface area contributed by atoms with Crippen molar-refractivity contribution in [2.75, 3.05) is 24.6 Å². The summed E-state index contributed by atoms with van der Waals surface area (Å²) < 4.78 is 65.0. The zero-order chi connectivity index (χ0) is 34.0. The van der Waals surface area contributed by atoms with Gasteiger partial charge in [0, 0.05) is 41.1 Å². The summed E-state index contributed by atoms with van der Waals surface area (Å²) in [4.78, 5) is 15.4. The van der Waals surface area contributed by atoms with Crippen LogP contribution in [0.2, 0.25) is 5.02 Å². The second-order valence-electron chi connectivity index (χ2n) is 13.4. The molecule has 0 aromatic heterocycles.